The lowest BCUT2D eigenvalue weighted by Crippen LogP contribution is -2.35. The van der Waals surface area contributed by atoms with E-state index in [0.29, 0.717) is 38.0 Å². The van der Waals surface area contributed by atoms with Gasteiger partial charge in [0, 0.05) is 31.2 Å². The first-order valence-corrected chi connectivity index (χ1v) is 9.15. The molecule has 0 aliphatic heterocycles. The lowest BCUT2D eigenvalue weighted by Gasteiger charge is -2.17. The van der Waals surface area contributed by atoms with Crippen LogP contribution in [0.4, 0.5) is 0 Å². The number of benzene rings is 1. The number of unbranched alkanes of at least 4 members (excludes halogenated alkanes) is 1. The number of hydrogen-bond donors (Lipinski definition) is 2. The molecule has 1 aromatic rings. The molecule has 142 valence electrons. The van der Waals surface area contributed by atoms with E-state index >= 15 is 0 Å². The second kappa shape index (κ2) is 12.0. The van der Waals surface area contributed by atoms with Crippen LogP contribution in [0.2, 0.25) is 0 Å². The van der Waals surface area contributed by atoms with Crippen molar-refractivity contribution in [3.8, 4) is 5.75 Å². The van der Waals surface area contributed by atoms with Crippen molar-refractivity contribution in [2.24, 2.45) is 0 Å². The van der Waals surface area contributed by atoms with Gasteiger partial charge in [-0.3, -0.25) is 4.79 Å². The highest BCUT2D eigenvalue weighted by atomic mass is 16.5. The van der Waals surface area contributed by atoms with Crippen LogP contribution in [0.3, 0.4) is 0 Å². The number of hydrogen-bond acceptors (Lipinski definition) is 5. The maximum Gasteiger partial charge on any atom is 0.134 e. The van der Waals surface area contributed by atoms with Crippen LogP contribution in [-0.4, -0.2) is 42.8 Å². The summed E-state index contributed by atoms with van der Waals surface area (Å²) < 4.78 is 11.5. The van der Waals surface area contributed by atoms with Crippen molar-refractivity contribution in [2.75, 3.05) is 19.8 Å². The number of aliphatic hydroxyl groups excluding tert-OH is 1. The first kappa shape index (κ1) is 21.6. The molecule has 0 saturated carbocycles. The van der Waals surface area contributed by atoms with Gasteiger partial charge < -0.3 is 19.9 Å². The molecule has 2 N–H and O–H groups in total. The largest absolute Gasteiger partial charge is 0.490 e. The van der Waals surface area contributed by atoms with Crippen molar-refractivity contribution >= 4 is 5.78 Å². The topological polar surface area (TPSA) is 67.8 Å². The predicted octanol–water partition coefficient (Wildman–Crippen LogP) is 2.87. The molecule has 1 aromatic carbocycles. The summed E-state index contributed by atoms with van der Waals surface area (Å²) in [4.78, 5) is 11.3. The molecule has 0 bridgehead atoms. The Morgan fingerprint density at radius 1 is 1.32 bits per heavy atom. The lowest BCUT2D eigenvalue weighted by atomic mass is 10.1. The first-order chi connectivity index (χ1) is 11.9. The Kier molecular flexibility index (Phi) is 10.4. The summed E-state index contributed by atoms with van der Waals surface area (Å²) in [7, 11) is 0. The zero-order valence-corrected chi connectivity index (χ0v) is 16.0. The second-order valence-corrected chi connectivity index (χ2v) is 6.75. The molecule has 0 amide bonds. The van der Waals surface area contributed by atoms with E-state index < -0.39 is 6.10 Å². The Hall–Kier alpha value is -1.43. The summed E-state index contributed by atoms with van der Waals surface area (Å²) in [6, 6.07) is 6.04. The van der Waals surface area contributed by atoms with Crippen LogP contribution in [0.5, 0.6) is 5.75 Å². The van der Waals surface area contributed by atoms with Gasteiger partial charge in [-0.05, 0) is 31.0 Å². The molecule has 0 saturated heterocycles. The summed E-state index contributed by atoms with van der Waals surface area (Å²) in [6.07, 6.45) is 1.93. The van der Waals surface area contributed by atoms with Gasteiger partial charge in [0.25, 0.3) is 0 Å². The Morgan fingerprint density at radius 3 is 2.72 bits per heavy atom. The van der Waals surface area contributed by atoms with E-state index in [4.69, 9.17) is 9.47 Å². The second-order valence-electron chi connectivity index (χ2n) is 6.75. The van der Waals surface area contributed by atoms with Crippen molar-refractivity contribution in [1.29, 1.82) is 0 Å². The molecule has 5 heteroatoms. The fraction of sp³-hybridized carbons (Fsp3) is 0.650. The predicted molar refractivity (Wildman–Crippen MR) is 100 cm³/mol. The van der Waals surface area contributed by atoms with E-state index in [-0.39, 0.29) is 12.4 Å². The highest BCUT2D eigenvalue weighted by molar-refractivity contribution is 5.78. The fourth-order valence-corrected chi connectivity index (χ4v) is 2.33. The number of carbonyl (C=O) groups is 1. The minimum absolute atomic E-state index is 0.127. The van der Waals surface area contributed by atoms with Crippen molar-refractivity contribution in [3.63, 3.8) is 0 Å². The minimum atomic E-state index is -0.576. The van der Waals surface area contributed by atoms with Gasteiger partial charge in [0.1, 0.15) is 24.2 Å². The van der Waals surface area contributed by atoms with Crippen LogP contribution in [0.25, 0.3) is 0 Å². The average molecular weight is 351 g/mol. The minimum Gasteiger partial charge on any atom is -0.490 e. The number of aliphatic hydroxyl groups is 1. The highest BCUT2D eigenvalue weighted by Crippen LogP contribution is 2.22. The average Bonchev–Trinajstić information content (AvgIpc) is 2.55. The van der Waals surface area contributed by atoms with Gasteiger partial charge in [-0.15, -0.1) is 0 Å². The molecule has 5 nitrogen and oxygen atoms in total. The molecule has 25 heavy (non-hydrogen) atoms. The monoisotopic (exact) mass is 351 g/mol. The molecule has 1 atom stereocenters. The Balaban J connectivity index is 2.68. The maximum atomic E-state index is 11.3. The van der Waals surface area contributed by atoms with Gasteiger partial charge in [-0.2, -0.15) is 0 Å². The number of carbonyl (C=O) groups excluding carboxylic acids is 1. The molecule has 0 aliphatic rings. The summed E-state index contributed by atoms with van der Waals surface area (Å²) in [5.41, 5.74) is 1.87. The summed E-state index contributed by atoms with van der Waals surface area (Å²) in [5.74, 6) is 0.828. The third-order valence-electron chi connectivity index (χ3n) is 3.67. The Labute approximate surface area is 151 Å². The summed E-state index contributed by atoms with van der Waals surface area (Å²) >= 11 is 0. The van der Waals surface area contributed by atoms with Crippen LogP contribution in [-0.2, 0) is 22.6 Å². The smallest absolute Gasteiger partial charge is 0.134 e. The molecule has 1 unspecified atom stereocenters. The number of rotatable bonds is 13. The zero-order chi connectivity index (χ0) is 18.7. The molecular weight excluding hydrogens is 318 g/mol. The van der Waals surface area contributed by atoms with Crippen LogP contribution >= 0.6 is 0 Å². The molecule has 0 aliphatic carbocycles. The Bertz CT molecular complexity index is 516. The fourth-order valence-electron chi connectivity index (χ4n) is 2.33. The molecule has 1 rings (SSSR count). The highest BCUT2D eigenvalue weighted by Gasteiger charge is 2.11. The van der Waals surface area contributed by atoms with E-state index in [2.05, 4.69) is 12.2 Å². The molecule has 0 aromatic heterocycles. The third-order valence-corrected chi connectivity index (χ3v) is 3.67. The standard InChI is InChI=1S/C20H33NO4/c1-5-6-9-24-13-18-11-17(10-16(4)22)7-8-20(18)25-14-19(23)12-21-15(2)3/h7-8,11,15,19,21,23H,5-6,9-10,12-14H2,1-4H3. The SMILES string of the molecule is CCCCOCc1cc(CC(C)=O)ccc1OCC(O)CNC(C)C. The van der Waals surface area contributed by atoms with Crippen molar-refractivity contribution in [3.05, 3.63) is 29.3 Å². The number of nitrogens with one attached hydrogen (secondary N) is 1. The van der Waals surface area contributed by atoms with Crippen LogP contribution in [0.15, 0.2) is 18.2 Å². The van der Waals surface area contributed by atoms with E-state index in [9.17, 15) is 9.90 Å². The van der Waals surface area contributed by atoms with Crippen molar-refractivity contribution < 1.29 is 19.4 Å². The number of ketones is 1. The normalized spacial score (nSPS) is 12.4. The third kappa shape index (κ3) is 9.58. The molecule has 0 fully saturated rings. The Morgan fingerprint density at radius 2 is 2.08 bits per heavy atom. The number of Topliss-reactive ketones (excluding diaryl/α,β-unsaturated/α-hetero) is 1. The number of ether oxygens (including phenoxy) is 2. The first-order valence-electron chi connectivity index (χ1n) is 9.15. The summed E-state index contributed by atoms with van der Waals surface area (Å²) in [6.45, 7) is 9.63. The van der Waals surface area contributed by atoms with Gasteiger partial charge in [-0.25, -0.2) is 0 Å². The molecular formula is C20H33NO4. The maximum absolute atomic E-state index is 11.3. The quantitative estimate of drug-likeness (QED) is 0.535. The van der Waals surface area contributed by atoms with Gasteiger partial charge in [-0.1, -0.05) is 33.3 Å². The van der Waals surface area contributed by atoms with Gasteiger partial charge >= 0.3 is 0 Å². The molecule has 0 heterocycles. The van der Waals surface area contributed by atoms with Crippen LogP contribution in [0, 0.1) is 0 Å². The van der Waals surface area contributed by atoms with Gasteiger partial charge in [0.05, 0.1) is 6.61 Å². The van der Waals surface area contributed by atoms with Crippen LogP contribution < -0.4 is 10.1 Å². The van der Waals surface area contributed by atoms with E-state index in [1.807, 2.05) is 32.0 Å². The van der Waals surface area contributed by atoms with E-state index in [1.54, 1.807) is 6.92 Å². The molecule has 0 radical (unpaired) electrons. The van der Waals surface area contributed by atoms with Gasteiger partial charge in [0.15, 0.2) is 0 Å². The lowest BCUT2D eigenvalue weighted by molar-refractivity contribution is -0.116. The van der Waals surface area contributed by atoms with Crippen molar-refractivity contribution in [1.82, 2.24) is 5.32 Å². The van der Waals surface area contributed by atoms with Crippen molar-refractivity contribution in [2.45, 2.75) is 65.7 Å². The summed E-state index contributed by atoms with van der Waals surface area (Å²) in [5, 5.41) is 13.2. The van der Waals surface area contributed by atoms with Gasteiger partial charge in [0.2, 0.25) is 0 Å². The van der Waals surface area contributed by atoms with E-state index in [1.165, 1.54) is 0 Å². The zero-order valence-electron chi connectivity index (χ0n) is 16.0. The van der Waals surface area contributed by atoms with Crippen LogP contribution in [0.1, 0.15) is 51.7 Å². The van der Waals surface area contributed by atoms with E-state index in [0.717, 1.165) is 24.0 Å². The molecule has 0 spiro atoms.